The van der Waals surface area contributed by atoms with E-state index >= 15 is 0 Å². The molecule has 0 spiro atoms. The van der Waals surface area contributed by atoms with Gasteiger partial charge in [0.15, 0.2) is 5.16 Å². The third-order valence-corrected chi connectivity index (χ3v) is 6.45. The predicted octanol–water partition coefficient (Wildman–Crippen LogP) is 4.55. The van der Waals surface area contributed by atoms with Crippen LogP contribution in [0.1, 0.15) is 38.2 Å². The van der Waals surface area contributed by atoms with Crippen LogP contribution >= 0.6 is 23.4 Å². The Morgan fingerprint density at radius 1 is 1.10 bits per heavy atom. The van der Waals surface area contributed by atoms with E-state index in [2.05, 4.69) is 63.2 Å². The highest BCUT2D eigenvalue weighted by Gasteiger charge is 2.20. The fourth-order valence-corrected chi connectivity index (χ4v) is 4.58. The molecule has 0 unspecified atom stereocenters. The van der Waals surface area contributed by atoms with Gasteiger partial charge in [0.05, 0.1) is 5.75 Å². The first kappa shape index (κ1) is 23.7. The normalized spacial score (nSPS) is 14.0. The van der Waals surface area contributed by atoms with Crippen molar-refractivity contribution in [3.63, 3.8) is 0 Å². The molecule has 1 amide bonds. The zero-order chi connectivity index (χ0) is 22.1. The van der Waals surface area contributed by atoms with Crippen LogP contribution in [-0.4, -0.2) is 54.4 Å². The number of aryl methyl sites for hydroxylation is 1. The van der Waals surface area contributed by atoms with Crippen LogP contribution in [0.5, 0.6) is 0 Å². The number of aromatic nitrogens is 2. The van der Waals surface area contributed by atoms with Crippen LogP contribution in [0.3, 0.4) is 0 Å². The standard InChI is InChI=1S/C23H32ClN5OS/c1-3-4-5-8-11-25-22(30)17-31-23-26-20(24)16-21(27-23)29-14-12-28(13-15-29)19-10-7-6-9-18(19)2/h6-7,9-10,16H,3-5,8,11-15,17H2,1-2H3,(H,25,30). The second kappa shape index (κ2) is 12.2. The summed E-state index contributed by atoms with van der Waals surface area (Å²) in [5.74, 6) is 1.14. The van der Waals surface area contributed by atoms with Crippen molar-refractivity contribution in [3.05, 3.63) is 41.0 Å². The van der Waals surface area contributed by atoms with Crippen LogP contribution in [0, 0.1) is 6.92 Å². The zero-order valence-corrected chi connectivity index (χ0v) is 20.0. The molecule has 0 aliphatic carbocycles. The Bertz CT molecular complexity index is 858. The molecular weight excluding hydrogens is 430 g/mol. The highest BCUT2D eigenvalue weighted by Crippen LogP contribution is 2.25. The molecule has 1 aliphatic rings. The van der Waals surface area contributed by atoms with E-state index in [1.165, 1.54) is 35.9 Å². The minimum Gasteiger partial charge on any atom is -0.368 e. The lowest BCUT2D eigenvalue weighted by molar-refractivity contribution is -0.118. The second-order valence-electron chi connectivity index (χ2n) is 7.79. The number of hydrogen-bond acceptors (Lipinski definition) is 6. The lowest BCUT2D eigenvalue weighted by Crippen LogP contribution is -2.47. The summed E-state index contributed by atoms with van der Waals surface area (Å²) >= 11 is 7.59. The summed E-state index contributed by atoms with van der Waals surface area (Å²) in [5.41, 5.74) is 2.59. The lowest BCUT2D eigenvalue weighted by atomic mass is 10.1. The van der Waals surface area contributed by atoms with Gasteiger partial charge in [-0.3, -0.25) is 4.79 Å². The average Bonchev–Trinajstić information content (AvgIpc) is 2.78. The third kappa shape index (κ3) is 7.28. The van der Waals surface area contributed by atoms with Gasteiger partial charge in [0, 0.05) is 44.5 Å². The Kier molecular flexibility index (Phi) is 9.28. The van der Waals surface area contributed by atoms with Gasteiger partial charge in [-0.2, -0.15) is 0 Å². The largest absolute Gasteiger partial charge is 0.368 e. The van der Waals surface area contributed by atoms with Gasteiger partial charge in [-0.15, -0.1) is 0 Å². The molecule has 0 saturated carbocycles. The fourth-order valence-electron chi connectivity index (χ4n) is 3.67. The lowest BCUT2D eigenvalue weighted by Gasteiger charge is -2.37. The van der Waals surface area contributed by atoms with E-state index < -0.39 is 0 Å². The number of amides is 1. The summed E-state index contributed by atoms with van der Waals surface area (Å²) in [4.78, 5) is 25.7. The first-order valence-electron chi connectivity index (χ1n) is 11.1. The summed E-state index contributed by atoms with van der Waals surface area (Å²) in [7, 11) is 0. The number of anilines is 2. The molecule has 2 aromatic rings. The first-order chi connectivity index (χ1) is 15.1. The Morgan fingerprint density at radius 2 is 1.84 bits per heavy atom. The number of nitrogens with zero attached hydrogens (tertiary/aromatic N) is 4. The number of unbranched alkanes of at least 4 members (excludes halogenated alkanes) is 3. The highest BCUT2D eigenvalue weighted by molar-refractivity contribution is 7.99. The van der Waals surface area contributed by atoms with Crippen molar-refractivity contribution in [2.75, 3.05) is 48.3 Å². The van der Waals surface area contributed by atoms with Gasteiger partial charge >= 0.3 is 0 Å². The summed E-state index contributed by atoms with van der Waals surface area (Å²) in [6.07, 6.45) is 4.58. The SMILES string of the molecule is CCCCCCNC(=O)CSc1nc(Cl)cc(N2CCN(c3ccccc3C)CC2)n1. The van der Waals surface area contributed by atoms with E-state index in [1.807, 2.05) is 6.07 Å². The number of halogens is 1. The van der Waals surface area contributed by atoms with Crippen molar-refractivity contribution in [2.45, 2.75) is 44.7 Å². The van der Waals surface area contributed by atoms with E-state index in [0.717, 1.165) is 51.4 Å². The number of rotatable bonds is 10. The Hall–Kier alpha value is -1.99. The Balaban J connectivity index is 1.51. The molecule has 0 atom stereocenters. The number of nitrogens with one attached hydrogen (secondary N) is 1. The second-order valence-corrected chi connectivity index (χ2v) is 9.12. The van der Waals surface area contributed by atoms with Crippen LogP contribution in [-0.2, 0) is 4.79 Å². The van der Waals surface area contributed by atoms with Gasteiger partial charge in [0.25, 0.3) is 0 Å². The molecule has 31 heavy (non-hydrogen) atoms. The van der Waals surface area contributed by atoms with Crippen LogP contribution in [0.2, 0.25) is 5.15 Å². The number of benzene rings is 1. The molecule has 1 saturated heterocycles. The molecule has 2 heterocycles. The summed E-state index contributed by atoms with van der Waals surface area (Å²) in [5, 5.41) is 3.92. The van der Waals surface area contributed by atoms with E-state index in [-0.39, 0.29) is 5.91 Å². The minimum atomic E-state index is 0.0125. The molecule has 6 nitrogen and oxygen atoms in total. The summed E-state index contributed by atoms with van der Waals surface area (Å²) in [6.45, 7) is 8.64. The number of carbonyl (C=O) groups excluding carboxylic acids is 1. The number of para-hydroxylation sites is 1. The number of carbonyl (C=O) groups is 1. The molecule has 168 valence electrons. The highest BCUT2D eigenvalue weighted by atomic mass is 35.5. The molecule has 1 aromatic heterocycles. The smallest absolute Gasteiger partial charge is 0.230 e. The summed E-state index contributed by atoms with van der Waals surface area (Å²) < 4.78 is 0. The number of thioether (sulfide) groups is 1. The van der Waals surface area contributed by atoms with Crippen molar-refractivity contribution in [2.24, 2.45) is 0 Å². The number of piperazine rings is 1. The minimum absolute atomic E-state index is 0.0125. The van der Waals surface area contributed by atoms with Crippen molar-refractivity contribution in [1.29, 1.82) is 0 Å². The van der Waals surface area contributed by atoms with Crippen molar-refractivity contribution >= 4 is 40.8 Å². The van der Waals surface area contributed by atoms with Gasteiger partial charge < -0.3 is 15.1 Å². The number of hydrogen-bond donors (Lipinski definition) is 1. The molecule has 1 aromatic carbocycles. The molecule has 3 rings (SSSR count). The molecule has 8 heteroatoms. The van der Waals surface area contributed by atoms with Crippen molar-refractivity contribution in [3.8, 4) is 0 Å². The van der Waals surface area contributed by atoms with Gasteiger partial charge in [0.1, 0.15) is 11.0 Å². The molecule has 0 bridgehead atoms. The zero-order valence-electron chi connectivity index (χ0n) is 18.4. The predicted molar refractivity (Wildman–Crippen MR) is 131 cm³/mol. The van der Waals surface area contributed by atoms with Crippen LogP contribution < -0.4 is 15.1 Å². The molecular formula is C23H32ClN5OS. The topological polar surface area (TPSA) is 61.4 Å². The van der Waals surface area contributed by atoms with Crippen LogP contribution in [0.15, 0.2) is 35.5 Å². The van der Waals surface area contributed by atoms with Crippen LogP contribution in [0.25, 0.3) is 0 Å². The van der Waals surface area contributed by atoms with E-state index in [0.29, 0.717) is 16.1 Å². The van der Waals surface area contributed by atoms with Gasteiger partial charge in [-0.25, -0.2) is 9.97 Å². The fraction of sp³-hybridized carbons (Fsp3) is 0.522. The maximum atomic E-state index is 12.1. The van der Waals surface area contributed by atoms with Gasteiger partial charge in [0.2, 0.25) is 5.91 Å². The first-order valence-corrected chi connectivity index (χ1v) is 12.4. The van der Waals surface area contributed by atoms with E-state index in [1.54, 1.807) is 0 Å². The maximum absolute atomic E-state index is 12.1. The summed E-state index contributed by atoms with van der Waals surface area (Å²) in [6, 6.07) is 10.3. The van der Waals surface area contributed by atoms with Gasteiger partial charge in [-0.1, -0.05) is 67.7 Å². The Morgan fingerprint density at radius 3 is 2.58 bits per heavy atom. The molecule has 1 N–H and O–H groups in total. The van der Waals surface area contributed by atoms with Crippen LogP contribution in [0.4, 0.5) is 11.5 Å². The van der Waals surface area contributed by atoms with Gasteiger partial charge in [-0.05, 0) is 25.0 Å². The van der Waals surface area contributed by atoms with E-state index in [4.69, 9.17) is 11.6 Å². The maximum Gasteiger partial charge on any atom is 0.230 e. The molecule has 1 fully saturated rings. The van der Waals surface area contributed by atoms with E-state index in [9.17, 15) is 4.79 Å². The monoisotopic (exact) mass is 461 g/mol. The van der Waals surface area contributed by atoms with Crippen molar-refractivity contribution < 1.29 is 4.79 Å². The quantitative estimate of drug-likeness (QED) is 0.242. The van der Waals surface area contributed by atoms with Crippen molar-refractivity contribution in [1.82, 2.24) is 15.3 Å². The average molecular weight is 462 g/mol. The molecule has 0 radical (unpaired) electrons. The Labute approximate surface area is 194 Å². The third-order valence-electron chi connectivity index (χ3n) is 5.41. The molecule has 1 aliphatic heterocycles.